The van der Waals surface area contributed by atoms with E-state index in [0.717, 1.165) is 0 Å². The quantitative estimate of drug-likeness (QED) is 0.236. The van der Waals surface area contributed by atoms with E-state index in [1.807, 2.05) is 0 Å². The molecule has 0 heterocycles. The maximum atomic E-state index is 11.5. The van der Waals surface area contributed by atoms with Crippen LogP contribution < -0.4 is 5.32 Å². The van der Waals surface area contributed by atoms with E-state index >= 15 is 0 Å². The summed E-state index contributed by atoms with van der Waals surface area (Å²) in [6, 6.07) is 3.82. The van der Waals surface area contributed by atoms with Gasteiger partial charge in [0.1, 0.15) is 0 Å². The van der Waals surface area contributed by atoms with E-state index in [2.05, 4.69) is 15.3 Å². The Bertz CT molecular complexity index is 455. The summed E-state index contributed by atoms with van der Waals surface area (Å²) in [5.74, 6) is -0.974. The van der Waals surface area contributed by atoms with Gasteiger partial charge in [-0.05, 0) is 30.2 Å². The van der Waals surface area contributed by atoms with Crippen molar-refractivity contribution in [2.45, 2.75) is 6.42 Å². The van der Waals surface area contributed by atoms with Gasteiger partial charge in [-0.1, -0.05) is 5.11 Å². The number of azide groups is 1. The smallest absolute Gasteiger partial charge is 0.251 e. The highest BCUT2D eigenvalue weighted by molar-refractivity contribution is 5.94. The first-order valence-electron chi connectivity index (χ1n) is 4.96. The SMILES string of the molecule is [N-]=[N+]=NCCCNC(=O)c1ccc(O)c(O)c1. The van der Waals surface area contributed by atoms with Gasteiger partial charge in [-0.2, -0.15) is 0 Å². The maximum absolute atomic E-state index is 11.5. The molecule has 0 aromatic heterocycles. The fourth-order valence-electron chi connectivity index (χ4n) is 1.16. The predicted molar refractivity (Wildman–Crippen MR) is 60.7 cm³/mol. The molecule has 0 atom stereocenters. The van der Waals surface area contributed by atoms with E-state index in [1.54, 1.807) is 0 Å². The van der Waals surface area contributed by atoms with E-state index in [0.29, 0.717) is 19.5 Å². The fourth-order valence-corrected chi connectivity index (χ4v) is 1.16. The molecule has 0 bridgehead atoms. The molecule has 0 radical (unpaired) electrons. The number of hydrogen-bond donors (Lipinski definition) is 3. The van der Waals surface area contributed by atoms with Crippen molar-refractivity contribution in [3.05, 3.63) is 34.2 Å². The lowest BCUT2D eigenvalue weighted by Crippen LogP contribution is -2.24. The number of hydrogen-bond acceptors (Lipinski definition) is 4. The normalized spacial score (nSPS) is 9.41. The monoisotopic (exact) mass is 236 g/mol. The highest BCUT2D eigenvalue weighted by Gasteiger charge is 2.07. The van der Waals surface area contributed by atoms with Crippen LogP contribution in [-0.2, 0) is 0 Å². The van der Waals surface area contributed by atoms with E-state index in [4.69, 9.17) is 10.6 Å². The molecule has 1 amide bonds. The fraction of sp³-hybridized carbons (Fsp3) is 0.300. The van der Waals surface area contributed by atoms with Crippen molar-refractivity contribution in [3.63, 3.8) is 0 Å². The summed E-state index contributed by atoms with van der Waals surface area (Å²) in [5.41, 5.74) is 8.28. The third-order valence-electron chi connectivity index (χ3n) is 2.02. The van der Waals surface area contributed by atoms with Gasteiger partial charge in [0.2, 0.25) is 0 Å². The molecule has 17 heavy (non-hydrogen) atoms. The van der Waals surface area contributed by atoms with Gasteiger partial charge in [0.25, 0.3) is 5.91 Å². The van der Waals surface area contributed by atoms with Gasteiger partial charge in [0, 0.05) is 23.6 Å². The number of nitrogens with zero attached hydrogens (tertiary/aromatic N) is 3. The second-order valence-corrected chi connectivity index (χ2v) is 3.27. The van der Waals surface area contributed by atoms with Crippen LogP contribution >= 0.6 is 0 Å². The predicted octanol–water partition coefficient (Wildman–Crippen LogP) is 1.53. The van der Waals surface area contributed by atoms with Crippen molar-refractivity contribution in [1.82, 2.24) is 5.32 Å². The summed E-state index contributed by atoms with van der Waals surface area (Å²) < 4.78 is 0. The molecular weight excluding hydrogens is 224 g/mol. The molecular formula is C10H12N4O3. The zero-order valence-electron chi connectivity index (χ0n) is 9.00. The molecule has 90 valence electrons. The summed E-state index contributed by atoms with van der Waals surface area (Å²) in [6.07, 6.45) is 0.542. The molecule has 1 rings (SSSR count). The zero-order chi connectivity index (χ0) is 12.7. The van der Waals surface area contributed by atoms with Gasteiger partial charge in [-0.3, -0.25) is 4.79 Å². The van der Waals surface area contributed by atoms with Gasteiger partial charge in [-0.25, -0.2) is 0 Å². The molecule has 0 aliphatic carbocycles. The van der Waals surface area contributed by atoms with Crippen molar-refractivity contribution >= 4 is 5.91 Å². The molecule has 0 spiro atoms. The Morgan fingerprint density at radius 2 is 2.18 bits per heavy atom. The first-order valence-corrected chi connectivity index (χ1v) is 4.96. The number of nitrogens with one attached hydrogen (secondary N) is 1. The van der Waals surface area contributed by atoms with Crippen LogP contribution in [0.25, 0.3) is 10.4 Å². The summed E-state index contributed by atoms with van der Waals surface area (Å²) in [5, 5.41) is 24.2. The minimum atomic E-state index is -0.360. The van der Waals surface area contributed by atoms with Crippen molar-refractivity contribution < 1.29 is 15.0 Å². The summed E-state index contributed by atoms with van der Waals surface area (Å²) in [7, 11) is 0. The molecule has 0 aliphatic heterocycles. The maximum Gasteiger partial charge on any atom is 0.251 e. The van der Waals surface area contributed by atoms with Crippen LogP contribution in [0.1, 0.15) is 16.8 Å². The third-order valence-corrected chi connectivity index (χ3v) is 2.02. The van der Waals surface area contributed by atoms with Crippen LogP contribution in [0.15, 0.2) is 23.3 Å². The van der Waals surface area contributed by atoms with Crippen LogP contribution in [0.4, 0.5) is 0 Å². The first kappa shape index (κ1) is 12.7. The second kappa shape index (κ2) is 6.24. The van der Waals surface area contributed by atoms with Crippen molar-refractivity contribution in [1.29, 1.82) is 0 Å². The second-order valence-electron chi connectivity index (χ2n) is 3.27. The van der Waals surface area contributed by atoms with E-state index in [9.17, 15) is 9.90 Å². The van der Waals surface area contributed by atoms with E-state index < -0.39 is 0 Å². The van der Waals surface area contributed by atoms with Gasteiger partial charge in [-0.15, -0.1) is 0 Å². The molecule has 3 N–H and O–H groups in total. The van der Waals surface area contributed by atoms with Crippen LogP contribution in [-0.4, -0.2) is 29.2 Å². The Hall–Kier alpha value is -2.40. The van der Waals surface area contributed by atoms with Crippen LogP contribution in [0.5, 0.6) is 11.5 Å². The van der Waals surface area contributed by atoms with Gasteiger partial charge in [0.05, 0.1) is 0 Å². The Morgan fingerprint density at radius 3 is 2.82 bits per heavy atom. The molecule has 0 aliphatic rings. The van der Waals surface area contributed by atoms with Gasteiger partial charge < -0.3 is 15.5 Å². The summed E-state index contributed by atoms with van der Waals surface area (Å²) in [4.78, 5) is 14.1. The van der Waals surface area contributed by atoms with Gasteiger partial charge >= 0.3 is 0 Å². The molecule has 0 saturated heterocycles. The average Bonchev–Trinajstić information content (AvgIpc) is 2.32. The summed E-state index contributed by atoms with van der Waals surface area (Å²) >= 11 is 0. The molecule has 7 heteroatoms. The van der Waals surface area contributed by atoms with Crippen LogP contribution in [0.3, 0.4) is 0 Å². The number of carbonyl (C=O) groups excluding carboxylic acids is 1. The standard InChI is InChI=1S/C10H12N4O3/c11-14-13-5-1-4-12-10(17)7-2-3-8(15)9(16)6-7/h2-3,6,15-16H,1,4-5H2,(H,12,17). The molecule has 7 nitrogen and oxygen atoms in total. The van der Waals surface area contributed by atoms with Gasteiger partial charge in [0.15, 0.2) is 11.5 Å². The number of phenolic OH excluding ortho intramolecular Hbond substituents is 2. The lowest BCUT2D eigenvalue weighted by atomic mass is 10.2. The summed E-state index contributed by atoms with van der Waals surface area (Å²) in [6.45, 7) is 0.692. The molecule has 0 unspecified atom stereocenters. The lowest BCUT2D eigenvalue weighted by molar-refractivity contribution is 0.0953. The first-order chi connectivity index (χ1) is 8.15. The molecule has 0 saturated carbocycles. The number of benzene rings is 1. The average molecular weight is 236 g/mol. The zero-order valence-corrected chi connectivity index (χ0v) is 9.00. The molecule has 0 fully saturated rings. The number of carbonyl (C=O) groups is 1. The Morgan fingerprint density at radius 1 is 1.41 bits per heavy atom. The van der Waals surface area contributed by atoms with E-state index in [1.165, 1.54) is 18.2 Å². The minimum absolute atomic E-state index is 0.254. The van der Waals surface area contributed by atoms with E-state index in [-0.39, 0.29) is 23.0 Å². The minimum Gasteiger partial charge on any atom is -0.504 e. The topological polar surface area (TPSA) is 118 Å². The van der Waals surface area contributed by atoms with Crippen molar-refractivity contribution in [2.75, 3.05) is 13.1 Å². The largest absolute Gasteiger partial charge is 0.504 e. The number of rotatable bonds is 5. The Kier molecular flexibility index (Phi) is 4.65. The number of aromatic hydroxyl groups is 2. The Labute approximate surface area is 97.3 Å². The molecule has 1 aromatic rings. The number of phenols is 2. The third kappa shape index (κ3) is 3.92. The molecule has 1 aromatic carbocycles. The van der Waals surface area contributed by atoms with Crippen LogP contribution in [0, 0.1) is 0 Å². The highest BCUT2D eigenvalue weighted by atomic mass is 16.3. The number of amides is 1. The lowest BCUT2D eigenvalue weighted by Gasteiger charge is -2.05. The van der Waals surface area contributed by atoms with Crippen molar-refractivity contribution in [3.8, 4) is 11.5 Å². The van der Waals surface area contributed by atoms with Crippen LogP contribution in [0.2, 0.25) is 0 Å². The highest BCUT2D eigenvalue weighted by Crippen LogP contribution is 2.24. The van der Waals surface area contributed by atoms with Crippen molar-refractivity contribution in [2.24, 2.45) is 5.11 Å². The Balaban J connectivity index is 2.46.